The molecule has 1 amide bonds. The zero-order valence-electron chi connectivity index (χ0n) is 16.9. The van der Waals surface area contributed by atoms with Crippen molar-refractivity contribution in [1.82, 2.24) is 5.32 Å². The number of carboxylic acids is 1. The van der Waals surface area contributed by atoms with Crippen LogP contribution in [0, 0.1) is 5.92 Å². The lowest BCUT2D eigenvalue weighted by molar-refractivity contribution is -0.145. The molecule has 0 heterocycles. The van der Waals surface area contributed by atoms with Gasteiger partial charge in [0, 0.05) is 6.54 Å². The number of amides is 1. The van der Waals surface area contributed by atoms with Gasteiger partial charge in [-0.15, -0.1) is 0 Å². The first-order valence-corrected chi connectivity index (χ1v) is 10.9. The van der Waals surface area contributed by atoms with Crippen LogP contribution in [0.5, 0.6) is 0 Å². The second-order valence-corrected chi connectivity index (χ2v) is 8.74. The van der Waals surface area contributed by atoms with E-state index in [1.165, 1.54) is 0 Å². The molecule has 1 aromatic carbocycles. The van der Waals surface area contributed by atoms with E-state index < -0.39 is 37.5 Å². The van der Waals surface area contributed by atoms with Gasteiger partial charge in [-0.25, -0.2) is 9.59 Å². The molecule has 0 spiro atoms. The molecule has 1 aromatic rings. The predicted molar refractivity (Wildman–Crippen MR) is 111 cm³/mol. The van der Waals surface area contributed by atoms with Gasteiger partial charge in [-0.2, -0.15) is 0 Å². The summed E-state index contributed by atoms with van der Waals surface area (Å²) in [5.41, 5.74) is 11.1. The molecule has 11 nitrogen and oxygen atoms in total. The summed E-state index contributed by atoms with van der Waals surface area (Å²) in [7, 11) is -4.56. The zero-order valence-corrected chi connectivity index (χ0v) is 17.8. The van der Waals surface area contributed by atoms with Gasteiger partial charge in [-0.05, 0) is 24.3 Å². The normalized spacial score (nSPS) is 14.9. The summed E-state index contributed by atoms with van der Waals surface area (Å²) >= 11 is 0. The van der Waals surface area contributed by atoms with Crippen LogP contribution in [0.4, 0.5) is 4.79 Å². The zero-order chi connectivity index (χ0) is 22.7. The van der Waals surface area contributed by atoms with Gasteiger partial charge in [0.05, 0.1) is 0 Å². The minimum atomic E-state index is -4.56. The van der Waals surface area contributed by atoms with Crippen LogP contribution in [0.15, 0.2) is 35.3 Å². The van der Waals surface area contributed by atoms with E-state index in [1.807, 2.05) is 6.07 Å². The Kier molecular flexibility index (Phi) is 10.3. The number of carbonyl (C=O) groups is 2. The third-order valence-electron chi connectivity index (χ3n) is 3.93. The van der Waals surface area contributed by atoms with Crippen LogP contribution in [0.2, 0.25) is 0 Å². The lowest BCUT2D eigenvalue weighted by Crippen LogP contribution is -2.40. The number of nitrogens with one attached hydrogen (secondary N) is 1. The molecule has 0 aliphatic rings. The number of aliphatic imine (C=N–C) groups is 1. The van der Waals surface area contributed by atoms with Crippen molar-refractivity contribution >= 4 is 25.6 Å². The van der Waals surface area contributed by atoms with Crippen molar-refractivity contribution in [2.45, 2.75) is 45.2 Å². The van der Waals surface area contributed by atoms with Crippen LogP contribution in [0.3, 0.4) is 0 Å². The fourth-order valence-electron chi connectivity index (χ4n) is 2.46. The summed E-state index contributed by atoms with van der Waals surface area (Å²) in [6.45, 7) is 3.28. The third kappa shape index (κ3) is 9.25. The molecule has 0 radical (unpaired) electrons. The molecule has 30 heavy (non-hydrogen) atoms. The smallest absolute Gasteiger partial charge is 0.408 e. The van der Waals surface area contributed by atoms with Gasteiger partial charge in [0.1, 0.15) is 12.4 Å². The average Bonchev–Trinajstić information content (AvgIpc) is 2.66. The highest BCUT2D eigenvalue weighted by atomic mass is 31.2. The van der Waals surface area contributed by atoms with Gasteiger partial charge in [0.15, 0.2) is 12.1 Å². The van der Waals surface area contributed by atoms with Gasteiger partial charge in [0.25, 0.3) is 0 Å². The Balaban J connectivity index is 2.73. The number of rotatable bonds is 12. The lowest BCUT2D eigenvalue weighted by Gasteiger charge is -2.28. The van der Waals surface area contributed by atoms with E-state index in [9.17, 15) is 24.2 Å². The fraction of sp³-hybridized carbons (Fsp3) is 0.500. The first-order chi connectivity index (χ1) is 14.0. The quantitative estimate of drug-likeness (QED) is 0.138. The maximum Gasteiger partial charge on any atom is 0.408 e. The highest BCUT2D eigenvalue weighted by Crippen LogP contribution is 2.50. The van der Waals surface area contributed by atoms with Crippen molar-refractivity contribution in [3.8, 4) is 0 Å². The minimum absolute atomic E-state index is 0.0311. The monoisotopic (exact) mass is 444 g/mol. The summed E-state index contributed by atoms with van der Waals surface area (Å²) in [4.78, 5) is 37.6. The van der Waals surface area contributed by atoms with Gasteiger partial charge >= 0.3 is 19.7 Å². The van der Waals surface area contributed by atoms with Crippen LogP contribution in [-0.2, 0) is 25.2 Å². The standard InChI is InChI=1S/C18H29N4O7P/c1-12(2)15(22-18(25)28-11-13-7-4-3-5-8-13)30(26,27)29-14(16(23)24)9-6-10-21-17(19)20/h3-5,7-8,12,14-15H,6,9-11H2,1-2H3,(H,22,25)(H,23,24)(H,26,27)(H4,19,20,21). The number of carbonyl (C=O) groups excluding carboxylic acids is 1. The number of alkyl carbamates (subject to hydrolysis) is 1. The molecule has 168 valence electrons. The number of nitrogens with two attached hydrogens (primary N) is 2. The van der Waals surface area contributed by atoms with Crippen molar-refractivity contribution in [1.29, 1.82) is 0 Å². The van der Waals surface area contributed by atoms with Crippen molar-refractivity contribution < 1.29 is 33.4 Å². The van der Waals surface area contributed by atoms with Crippen molar-refractivity contribution in [3.05, 3.63) is 35.9 Å². The van der Waals surface area contributed by atoms with Crippen molar-refractivity contribution in [3.63, 3.8) is 0 Å². The van der Waals surface area contributed by atoms with Crippen LogP contribution in [0.1, 0.15) is 32.3 Å². The Bertz CT molecular complexity index is 769. The maximum atomic E-state index is 12.8. The second-order valence-electron chi connectivity index (χ2n) is 6.84. The number of nitrogens with zero attached hydrogens (tertiary/aromatic N) is 1. The Morgan fingerprint density at radius 3 is 2.40 bits per heavy atom. The molecule has 3 unspecified atom stereocenters. The van der Waals surface area contributed by atoms with E-state index in [2.05, 4.69) is 10.3 Å². The summed E-state index contributed by atoms with van der Waals surface area (Å²) in [6.07, 6.45) is -2.37. The number of guanidine groups is 1. The number of aliphatic carboxylic acids is 1. The van der Waals surface area contributed by atoms with E-state index in [0.717, 1.165) is 5.56 Å². The predicted octanol–water partition coefficient (Wildman–Crippen LogP) is 1.60. The first kappa shape index (κ1) is 25.4. The average molecular weight is 444 g/mol. The first-order valence-electron chi connectivity index (χ1n) is 9.29. The van der Waals surface area contributed by atoms with E-state index >= 15 is 0 Å². The Labute approximate surface area is 175 Å². The fourth-order valence-corrected chi connectivity index (χ4v) is 4.18. The minimum Gasteiger partial charge on any atom is -0.479 e. The van der Waals surface area contributed by atoms with E-state index in [-0.39, 0.29) is 32.0 Å². The number of ether oxygens (including phenoxy) is 1. The van der Waals surface area contributed by atoms with Gasteiger partial charge in [0.2, 0.25) is 0 Å². The lowest BCUT2D eigenvalue weighted by atomic mass is 10.2. The van der Waals surface area contributed by atoms with E-state index in [1.54, 1.807) is 38.1 Å². The van der Waals surface area contributed by atoms with E-state index in [0.29, 0.717) is 0 Å². The van der Waals surface area contributed by atoms with Crippen molar-refractivity contribution in [2.24, 2.45) is 22.4 Å². The van der Waals surface area contributed by atoms with E-state index in [4.69, 9.17) is 20.7 Å². The molecule has 0 aliphatic carbocycles. The van der Waals surface area contributed by atoms with Gasteiger partial charge in [-0.1, -0.05) is 44.2 Å². The number of carboxylic acid groups (broad SMARTS) is 1. The summed E-state index contributed by atoms with van der Waals surface area (Å²) in [6, 6.07) is 8.89. The Hall–Kier alpha value is -2.62. The largest absolute Gasteiger partial charge is 0.479 e. The van der Waals surface area contributed by atoms with Crippen LogP contribution in [-0.4, -0.2) is 46.5 Å². The molecule has 12 heteroatoms. The molecule has 1 rings (SSSR count). The van der Waals surface area contributed by atoms with Gasteiger partial charge in [-0.3, -0.25) is 14.1 Å². The summed E-state index contributed by atoms with van der Waals surface area (Å²) in [5, 5.41) is 11.6. The highest BCUT2D eigenvalue weighted by molar-refractivity contribution is 7.53. The second kappa shape index (κ2) is 12.2. The SMILES string of the molecule is CC(C)C(NC(=O)OCc1ccccc1)P(=O)(O)OC(CCCN=C(N)N)C(=O)O. The molecule has 0 aromatic heterocycles. The molecule has 0 bridgehead atoms. The number of benzene rings is 1. The molecule has 0 fully saturated rings. The van der Waals surface area contributed by atoms with Crippen LogP contribution >= 0.6 is 7.60 Å². The Morgan fingerprint density at radius 2 is 1.87 bits per heavy atom. The number of hydrogen-bond donors (Lipinski definition) is 5. The highest BCUT2D eigenvalue weighted by Gasteiger charge is 2.40. The molecule has 0 saturated carbocycles. The number of hydrogen-bond acceptors (Lipinski definition) is 6. The maximum absolute atomic E-state index is 12.8. The topological polar surface area (TPSA) is 187 Å². The van der Waals surface area contributed by atoms with Gasteiger partial charge < -0.3 is 31.5 Å². The molecule has 0 saturated heterocycles. The van der Waals surface area contributed by atoms with Crippen LogP contribution < -0.4 is 16.8 Å². The third-order valence-corrected chi connectivity index (χ3v) is 5.92. The summed E-state index contributed by atoms with van der Waals surface area (Å²) in [5.74, 6) is -3.46. The molecule has 7 N–H and O–H groups in total. The molecular formula is C18H29N4O7P. The summed E-state index contributed by atoms with van der Waals surface area (Å²) < 4.78 is 22.8. The molecule has 3 atom stereocenters. The Morgan fingerprint density at radius 1 is 1.23 bits per heavy atom. The van der Waals surface area contributed by atoms with Crippen molar-refractivity contribution in [2.75, 3.05) is 6.54 Å². The molecular weight excluding hydrogens is 415 g/mol. The van der Waals surface area contributed by atoms with Crippen LogP contribution in [0.25, 0.3) is 0 Å². The molecule has 0 aliphatic heterocycles.